The van der Waals surface area contributed by atoms with E-state index < -0.39 is 0 Å². The highest BCUT2D eigenvalue weighted by molar-refractivity contribution is 4.78. The Labute approximate surface area is 118 Å². The number of imidazole rings is 1. The number of aryl methyl sites for hydroxylation is 1. The van der Waals surface area contributed by atoms with Crippen molar-refractivity contribution in [3.63, 3.8) is 0 Å². The number of unbranched alkanes of at least 4 members (excludes halogenated alkanes) is 8. The van der Waals surface area contributed by atoms with Gasteiger partial charge in [0, 0.05) is 6.42 Å². The number of hydrogen-bond donors (Lipinski definition) is 1. The van der Waals surface area contributed by atoms with E-state index in [4.69, 9.17) is 0 Å². The first kappa shape index (κ1) is 16.0. The number of allylic oxidation sites excluding steroid dienone is 1. The van der Waals surface area contributed by atoms with E-state index in [1.54, 1.807) is 0 Å². The van der Waals surface area contributed by atoms with Gasteiger partial charge in [-0.3, -0.25) is 0 Å². The molecular weight excluding hydrogens is 232 g/mol. The Bertz CT molecular complexity index is 328. The Morgan fingerprint density at radius 2 is 1.68 bits per heavy atom. The Morgan fingerprint density at radius 1 is 1.05 bits per heavy atom. The normalized spacial score (nSPS) is 10.8. The Kier molecular flexibility index (Phi) is 9.13. The first-order valence-electron chi connectivity index (χ1n) is 8.05. The van der Waals surface area contributed by atoms with Gasteiger partial charge in [-0.05, 0) is 6.42 Å². The molecule has 0 saturated carbocycles. The van der Waals surface area contributed by atoms with Crippen molar-refractivity contribution in [2.24, 2.45) is 0 Å². The molecule has 1 aromatic heterocycles. The van der Waals surface area contributed by atoms with Gasteiger partial charge in [-0.2, -0.15) is 0 Å². The van der Waals surface area contributed by atoms with E-state index >= 15 is 0 Å². The summed E-state index contributed by atoms with van der Waals surface area (Å²) in [6, 6.07) is 0. The van der Waals surface area contributed by atoms with Crippen LogP contribution in [0.5, 0.6) is 0 Å². The maximum atomic E-state index is 3.79. The first-order chi connectivity index (χ1) is 9.38. The summed E-state index contributed by atoms with van der Waals surface area (Å²) in [5, 5.41) is 0. The number of hydrogen-bond acceptors (Lipinski definition) is 0. The summed E-state index contributed by atoms with van der Waals surface area (Å²) in [7, 11) is 0. The minimum absolute atomic E-state index is 0.913. The summed E-state index contributed by atoms with van der Waals surface area (Å²) in [5.74, 6) is 1.34. The average molecular weight is 263 g/mol. The largest absolute Gasteiger partial charge is 0.254 e. The highest BCUT2D eigenvalue weighted by Gasteiger charge is 2.07. The number of aromatic amines is 1. The minimum atomic E-state index is 0.913. The molecule has 0 amide bonds. The zero-order chi connectivity index (χ0) is 13.8. The zero-order valence-electron chi connectivity index (χ0n) is 12.7. The van der Waals surface area contributed by atoms with Gasteiger partial charge in [0.2, 0.25) is 0 Å². The van der Waals surface area contributed by atoms with Crippen LogP contribution in [0.25, 0.3) is 0 Å². The number of rotatable bonds is 12. The summed E-state index contributed by atoms with van der Waals surface area (Å²) < 4.78 is 2.25. The van der Waals surface area contributed by atoms with Crippen LogP contribution in [0.3, 0.4) is 0 Å². The lowest BCUT2D eigenvalue weighted by Crippen LogP contribution is -2.35. The molecule has 0 bridgehead atoms. The molecule has 0 spiro atoms. The van der Waals surface area contributed by atoms with E-state index in [9.17, 15) is 0 Å². The molecule has 0 unspecified atom stereocenters. The molecule has 0 aromatic carbocycles. The van der Waals surface area contributed by atoms with Crippen LogP contribution in [0.4, 0.5) is 0 Å². The van der Waals surface area contributed by atoms with E-state index in [1.165, 1.54) is 63.6 Å². The lowest BCUT2D eigenvalue weighted by molar-refractivity contribution is -0.693. The van der Waals surface area contributed by atoms with Gasteiger partial charge in [0.15, 0.2) is 0 Å². The summed E-state index contributed by atoms with van der Waals surface area (Å²) in [5.41, 5.74) is 0. The first-order valence-corrected chi connectivity index (χ1v) is 8.05. The fourth-order valence-electron chi connectivity index (χ4n) is 2.53. The van der Waals surface area contributed by atoms with Crippen molar-refractivity contribution in [1.82, 2.24) is 4.98 Å². The monoisotopic (exact) mass is 263 g/mol. The van der Waals surface area contributed by atoms with E-state index in [0.29, 0.717) is 0 Å². The summed E-state index contributed by atoms with van der Waals surface area (Å²) >= 11 is 0. The van der Waals surface area contributed by atoms with E-state index in [1.807, 2.05) is 12.3 Å². The topological polar surface area (TPSA) is 19.7 Å². The average Bonchev–Trinajstić information content (AvgIpc) is 2.85. The predicted octanol–water partition coefficient (Wildman–Crippen LogP) is 4.56. The van der Waals surface area contributed by atoms with Crippen molar-refractivity contribution in [3.05, 3.63) is 30.9 Å². The van der Waals surface area contributed by atoms with Crippen molar-refractivity contribution in [3.8, 4) is 0 Å². The third kappa shape index (κ3) is 7.19. The lowest BCUT2D eigenvalue weighted by Gasteiger charge is -2.01. The van der Waals surface area contributed by atoms with Gasteiger partial charge in [0.05, 0.1) is 0 Å². The van der Waals surface area contributed by atoms with Crippen LogP contribution in [0.2, 0.25) is 0 Å². The van der Waals surface area contributed by atoms with Gasteiger partial charge < -0.3 is 0 Å². The molecule has 0 atom stereocenters. The van der Waals surface area contributed by atoms with Crippen molar-refractivity contribution in [2.75, 3.05) is 0 Å². The van der Waals surface area contributed by atoms with Crippen LogP contribution in [0.1, 0.15) is 70.5 Å². The molecule has 0 fully saturated rings. The van der Waals surface area contributed by atoms with E-state index in [2.05, 4.69) is 29.3 Å². The SMILES string of the molecule is C=CC[n+]1cc[nH]c1CCCCCCCCCCC. The highest BCUT2D eigenvalue weighted by atomic mass is 15.0. The highest BCUT2D eigenvalue weighted by Crippen LogP contribution is 2.10. The molecule has 0 aliphatic heterocycles. The second-order valence-corrected chi connectivity index (χ2v) is 5.43. The maximum Gasteiger partial charge on any atom is 0.254 e. The Morgan fingerprint density at radius 3 is 2.32 bits per heavy atom. The number of nitrogens with zero attached hydrogens (tertiary/aromatic N) is 1. The van der Waals surface area contributed by atoms with E-state index in [-0.39, 0.29) is 0 Å². The molecule has 2 heteroatoms. The molecule has 0 aliphatic carbocycles. The maximum absolute atomic E-state index is 3.79. The van der Waals surface area contributed by atoms with Crippen molar-refractivity contribution < 1.29 is 4.57 Å². The molecule has 0 saturated heterocycles. The second kappa shape index (κ2) is 10.8. The van der Waals surface area contributed by atoms with E-state index in [0.717, 1.165) is 13.0 Å². The van der Waals surface area contributed by atoms with Crippen LogP contribution in [-0.4, -0.2) is 4.98 Å². The van der Waals surface area contributed by atoms with Crippen molar-refractivity contribution in [1.29, 1.82) is 0 Å². The van der Waals surface area contributed by atoms with Gasteiger partial charge in [0.25, 0.3) is 5.82 Å². The number of H-pyrrole nitrogens is 1. The number of nitrogens with one attached hydrogen (secondary N) is 1. The molecule has 0 aliphatic rings. The predicted molar refractivity (Wildman–Crippen MR) is 82.1 cm³/mol. The van der Waals surface area contributed by atoms with Crippen LogP contribution in [-0.2, 0) is 13.0 Å². The smallest absolute Gasteiger partial charge is 0.248 e. The second-order valence-electron chi connectivity index (χ2n) is 5.43. The molecule has 1 rings (SSSR count). The van der Waals surface area contributed by atoms with Crippen LogP contribution in [0, 0.1) is 0 Å². The fraction of sp³-hybridized carbons (Fsp3) is 0.706. The quantitative estimate of drug-likeness (QED) is 0.324. The fourth-order valence-corrected chi connectivity index (χ4v) is 2.53. The van der Waals surface area contributed by atoms with Gasteiger partial charge in [-0.15, -0.1) is 0 Å². The van der Waals surface area contributed by atoms with Gasteiger partial charge in [-0.1, -0.05) is 70.9 Å². The van der Waals surface area contributed by atoms with Gasteiger partial charge >= 0.3 is 0 Å². The van der Waals surface area contributed by atoms with Crippen molar-refractivity contribution >= 4 is 0 Å². The molecule has 1 aromatic rings. The van der Waals surface area contributed by atoms with Gasteiger partial charge in [0.1, 0.15) is 18.9 Å². The molecule has 19 heavy (non-hydrogen) atoms. The molecule has 108 valence electrons. The Hall–Kier alpha value is -1.05. The van der Waals surface area contributed by atoms with Crippen LogP contribution >= 0.6 is 0 Å². The number of aromatic nitrogens is 2. The summed E-state index contributed by atoms with van der Waals surface area (Å²) in [6.45, 7) is 6.98. The Balaban J connectivity index is 1.98. The molecule has 0 radical (unpaired) electrons. The zero-order valence-corrected chi connectivity index (χ0v) is 12.7. The van der Waals surface area contributed by atoms with Crippen LogP contribution in [0.15, 0.2) is 25.0 Å². The third-order valence-electron chi connectivity index (χ3n) is 3.69. The molecule has 1 N–H and O–H groups in total. The van der Waals surface area contributed by atoms with Crippen molar-refractivity contribution in [2.45, 2.75) is 77.7 Å². The third-order valence-corrected chi connectivity index (χ3v) is 3.69. The lowest BCUT2D eigenvalue weighted by atomic mass is 10.1. The van der Waals surface area contributed by atoms with Gasteiger partial charge in [-0.25, -0.2) is 9.55 Å². The molecule has 2 nitrogen and oxygen atoms in total. The summed E-state index contributed by atoms with van der Waals surface area (Å²) in [6.07, 6.45) is 19.8. The van der Waals surface area contributed by atoms with Crippen LogP contribution < -0.4 is 4.57 Å². The standard InChI is InChI=1S/C17H30N2/c1-3-5-6-7-8-9-10-11-12-13-17-18-14-16-19(17)15-4-2/h4,14,16H,2-3,5-13,15H2,1H3/p+1. The molecule has 1 heterocycles. The molecular formula is C17H31N2+. The minimum Gasteiger partial charge on any atom is -0.248 e. The summed E-state index contributed by atoms with van der Waals surface area (Å²) in [4.78, 5) is 3.33.